The second-order valence-electron chi connectivity index (χ2n) is 6.17. The van der Waals surface area contributed by atoms with Gasteiger partial charge in [0.25, 0.3) is 0 Å². The standard InChI is InChI=1S/C17H23N3O3.ClH/c1-23-9-8-19-11-12(10-16(19)21)17(22)20-7-3-4-13-14(18)5-2-6-15(13)20;/h2,5-6,12H,3-4,7-11,18H2,1H3;1H. The summed E-state index contributed by atoms with van der Waals surface area (Å²) in [7, 11) is 1.61. The minimum Gasteiger partial charge on any atom is -0.398 e. The number of hydrogen-bond acceptors (Lipinski definition) is 4. The number of likely N-dealkylation sites (tertiary alicyclic amines) is 1. The first-order chi connectivity index (χ1) is 11.1. The number of ether oxygens (including phenoxy) is 1. The number of hydrogen-bond donors (Lipinski definition) is 1. The van der Waals surface area contributed by atoms with Crippen molar-refractivity contribution in [1.82, 2.24) is 4.90 Å². The molecule has 1 unspecified atom stereocenters. The second-order valence-corrected chi connectivity index (χ2v) is 6.17. The van der Waals surface area contributed by atoms with E-state index in [0.717, 1.165) is 29.8 Å². The predicted octanol–water partition coefficient (Wildman–Crippen LogP) is 1.46. The molecule has 7 heteroatoms. The zero-order valence-electron chi connectivity index (χ0n) is 13.9. The fourth-order valence-electron chi connectivity index (χ4n) is 3.46. The monoisotopic (exact) mass is 353 g/mol. The number of methoxy groups -OCH3 is 1. The van der Waals surface area contributed by atoms with E-state index in [1.165, 1.54) is 0 Å². The zero-order valence-corrected chi connectivity index (χ0v) is 14.7. The number of amides is 2. The third kappa shape index (κ3) is 3.49. The first-order valence-corrected chi connectivity index (χ1v) is 8.07. The quantitative estimate of drug-likeness (QED) is 0.831. The Morgan fingerprint density at radius 3 is 2.96 bits per heavy atom. The summed E-state index contributed by atoms with van der Waals surface area (Å²) in [6.45, 7) is 2.21. The number of nitrogens with zero attached hydrogens (tertiary/aromatic N) is 2. The molecule has 0 radical (unpaired) electrons. The van der Waals surface area contributed by atoms with Crippen molar-refractivity contribution in [3.63, 3.8) is 0 Å². The summed E-state index contributed by atoms with van der Waals surface area (Å²) >= 11 is 0. The second kappa shape index (κ2) is 7.85. The van der Waals surface area contributed by atoms with Gasteiger partial charge in [0.05, 0.1) is 12.5 Å². The molecular formula is C17H24ClN3O3. The molecule has 24 heavy (non-hydrogen) atoms. The number of carbonyl (C=O) groups excluding carboxylic acids is 2. The maximum Gasteiger partial charge on any atom is 0.232 e. The Kier molecular flexibility index (Phi) is 6.07. The summed E-state index contributed by atoms with van der Waals surface area (Å²) in [4.78, 5) is 28.5. The maximum atomic E-state index is 12.9. The van der Waals surface area contributed by atoms with Crippen molar-refractivity contribution in [2.45, 2.75) is 19.3 Å². The molecule has 1 saturated heterocycles. The number of halogens is 1. The van der Waals surface area contributed by atoms with Crippen LogP contribution in [0.25, 0.3) is 0 Å². The Balaban J connectivity index is 0.00000208. The summed E-state index contributed by atoms with van der Waals surface area (Å²) in [6.07, 6.45) is 2.09. The molecule has 0 aromatic heterocycles. The fourth-order valence-corrected chi connectivity index (χ4v) is 3.46. The van der Waals surface area contributed by atoms with Crippen LogP contribution in [0.15, 0.2) is 18.2 Å². The Morgan fingerprint density at radius 2 is 2.21 bits per heavy atom. The van der Waals surface area contributed by atoms with Gasteiger partial charge in [-0.1, -0.05) is 6.07 Å². The molecule has 1 aromatic carbocycles. The van der Waals surface area contributed by atoms with Crippen LogP contribution in [0, 0.1) is 5.92 Å². The van der Waals surface area contributed by atoms with Gasteiger partial charge in [-0.3, -0.25) is 9.59 Å². The Bertz CT molecular complexity index is 623. The van der Waals surface area contributed by atoms with Gasteiger partial charge in [0.2, 0.25) is 11.8 Å². The van der Waals surface area contributed by atoms with Gasteiger partial charge in [0.1, 0.15) is 0 Å². The van der Waals surface area contributed by atoms with Crippen molar-refractivity contribution >= 4 is 35.6 Å². The SMILES string of the molecule is COCCN1CC(C(=O)N2CCCc3c(N)cccc32)CC1=O.Cl. The van der Waals surface area contributed by atoms with E-state index >= 15 is 0 Å². The smallest absolute Gasteiger partial charge is 0.232 e. The Hall–Kier alpha value is -1.79. The van der Waals surface area contributed by atoms with Crippen molar-refractivity contribution < 1.29 is 14.3 Å². The van der Waals surface area contributed by atoms with Crippen molar-refractivity contribution in [2.75, 3.05) is 44.0 Å². The fraction of sp³-hybridized carbons (Fsp3) is 0.529. The van der Waals surface area contributed by atoms with E-state index in [1.54, 1.807) is 12.0 Å². The molecule has 3 rings (SSSR count). The molecule has 0 spiro atoms. The van der Waals surface area contributed by atoms with Gasteiger partial charge in [-0.15, -0.1) is 12.4 Å². The lowest BCUT2D eigenvalue weighted by Gasteiger charge is -2.32. The van der Waals surface area contributed by atoms with E-state index in [0.29, 0.717) is 26.2 Å². The van der Waals surface area contributed by atoms with Crippen LogP contribution < -0.4 is 10.6 Å². The zero-order chi connectivity index (χ0) is 16.4. The van der Waals surface area contributed by atoms with Gasteiger partial charge < -0.3 is 20.3 Å². The lowest BCUT2D eigenvalue weighted by atomic mass is 9.97. The van der Waals surface area contributed by atoms with Gasteiger partial charge in [0, 0.05) is 44.5 Å². The van der Waals surface area contributed by atoms with Crippen LogP contribution >= 0.6 is 12.4 Å². The van der Waals surface area contributed by atoms with Crippen molar-refractivity contribution in [1.29, 1.82) is 0 Å². The summed E-state index contributed by atoms with van der Waals surface area (Å²) in [6, 6.07) is 5.70. The Labute approximate surface area is 148 Å². The van der Waals surface area contributed by atoms with E-state index < -0.39 is 0 Å². The van der Waals surface area contributed by atoms with Gasteiger partial charge in [0.15, 0.2) is 0 Å². The van der Waals surface area contributed by atoms with Gasteiger partial charge in [-0.05, 0) is 30.5 Å². The van der Waals surface area contributed by atoms with Crippen LogP contribution in [0.2, 0.25) is 0 Å². The van der Waals surface area contributed by atoms with E-state index in [-0.39, 0.29) is 36.6 Å². The molecule has 6 nitrogen and oxygen atoms in total. The summed E-state index contributed by atoms with van der Waals surface area (Å²) < 4.78 is 5.02. The third-order valence-corrected chi connectivity index (χ3v) is 4.68. The lowest BCUT2D eigenvalue weighted by Crippen LogP contribution is -2.41. The van der Waals surface area contributed by atoms with Crippen LogP contribution in [0.4, 0.5) is 11.4 Å². The highest BCUT2D eigenvalue weighted by Gasteiger charge is 2.37. The highest BCUT2D eigenvalue weighted by atomic mass is 35.5. The Morgan fingerprint density at radius 1 is 1.42 bits per heavy atom. The first kappa shape index (κ1) is 18.5. The number of nitrogen functional groups attached to an aromatic ring is 1. The predicted molar refractivity (Wildman–Crippen MR) is 95.3 cm³/mol. The van der Waals surface area contributed by atoms with Gasteiger partial charge >= 0.3 is 0 Å². The van der Waals surface area contributed by atoms with E-state index in [1.807, 2.05) is 23.1 Å². The van der Waals surface area contributed by atoms with Gasteiger partial charge in [-0.2, -0.15) is 0 Å². The summed E-state index contributed by atoms with van der Waals surface area (Å²) in [5.74, 6) is -0.207. The van der Waals surface area contributed by atoms with Crippen LogP contribution in [-0.2, 0) is 20.7 Å². The number of nitrogens with two attached hydrogens (primary N) is 1. The molecule has 0 bridgehead atoms. The molecule has 1 fully saturated rings. The molecule has 0 aliphatic carbocycles. The molecule has 2 N–H and O–H groups in total. The molecule has 2 amide bonds. The molecule has 2 aliphatic heterocycles. The highest BCUT2D eigenvalue weighted by Crippen LogP contribution is 2.33. The highest BCUT2D eigenvalue weighted by molar-refractivity contribution is 6.00. The maximum absolute atomic E-state index is 12.9. The molecule has 1 aromatic rings. The van der Waals surface area contributed by atoms with E-state index in [2.05, 4.69) is 0 Å². The van der Waals surface area contributed by atoms with Crippen LogP contribution in [0.1, 0.15) is 18.4 Å². The number of anilines is 2. The van der Waals surface area contributed by atoms with E-state index in [9.17, 15) is 9.59 Å². The normalized spacial score (nSPS) is 19.9. The van der Waals surface area contributed by atoms with Crippen molar-refractivity contribution in [2.24, 2.45) is 5.92 Å². The summed E-state index contributed by atoms with van der Waals surface area (Å²) in [5.41, 5.74) is 8.74. The summed E-state index contributed by atoms with van der Waals surface area (Å²) in [5, 5.41) is 0. The number of benzene rings is 1. The molecule has 2 aliphatic rings. The lowest BCUT2D eigenvalue weighted by molar-refractivity contribution is -0.128. The molecule has 0 saturated carbocycles. The number of carbonyl (C=O) groups is 2. The molecule has 2 heterocycles. The largest absolute Gasteiger partial charge is 0.398 e. The van der Waals surface area contributed by atoms with Crippen LogP contribution in [-0.4, -0.2) is 50.1 Å². The average Bonchev–Trinajstić information content (AvgIpc) is 2.93. The number of fused-ring (bicyclic) bond motifs is 1. The van der Waals surface area contributed by atoms with Crippen LogP contribution in [0.3, 0.4) is 0 Å². The first-order valence-electron chi connectivity index (χ1n) is 8.07. The third-order valence-electron chi connectivity index (χ3n) is 4.68. The van der Waals surface area contributed by atoms with E-state index in [4.69, 9.17) is 10.5 Å². The minimum absolute atomic E-state index is 0. The van der Waals surface area contributed by atoms with Gasteiger partial charge in [-0.25, -0.2) is 0 Å². The van der Waals surface area contributed by atoms with Crippen molar-refractivity contribution in [3.05, 3.63) is 23.8 Å². The van der Waals surface area contributed by atoms with Crippen molar-refractivity contribution in [3.8, 4) is 0 Å². The minimum atomic E-state index is -0.272. The number of rotatable bonds is 4. The topological polar surface area (TPSA) is 75.9 Å². The molecular weight excluding hydrogens is 330 g/mol. The molecule has 132 valence electrons. The molecule has 1 atom stereocenters. The van der Waals surface area contributed by atoms with Crippen LogP contribution in [0.5, 0.6) is 0 Å². The average molecular weight is 354 g/mol.